The summed E-state index contributed by atoms with van der Waals surface area (Å²) in [7, 11) is 3.53. The molecule has 0 aromatic heterocycles. The molecule has 0 atom stereocenters. The molecule has 0 aliphatic rings. The van der Waals surface area contributed by atoms with Gasteiger partial charge in [0, 0.05) is 20.5 Å². The Hall–Kier alpha value is -1.51. The summed E-state index contributed by atoms with van der Waals surface area (Å²) >= 11 is 0. The predicted molar refractivity (Wildman–Crippen MR) is 59.9 cm³/mol. The molecule has 0 radical (unpaired) electrons. The third-order valence-electron chi connectivity index (χ3n) is 2.05. The highest BCUT2D eigenvalue weighted by atomic mass is 16.5. The summed E-state index contributed by atoms with van der Waals surface area (Å²) in [4.78, 5) is 12.8. The van der Waals surface area contributed by atoms with Gasteiger partial charge in [-0.2, -0.15) is 0 Å². The van der Waals surface area contributed by atoms with Crippen LogP contribution < -0.4 is 4.74 Å². The summed E-state index contributed by atoms with van der Waals surface area (Å²) in [6.07, 6.45) is 1.30. The molecule has 0 fully saturated rings. The molecule has 0 spiro atoms. The Balaban J connectivity index is 2.15. The minimum Gasteiger partial charge on any atom is -0.494 e. The molecular formula is C12H17NO2. The monoisotopic (exact) mass is 207 g/mol. The number of ether oxygens (including phenoxy) is 1. The van der Waals surface area contributed by atoms with Crippen LogP contribution in [0.25, 0.3) is 0 Å². The first kappa shape index (κ1) is 11.6. The van der Waals surface area contributed by atoms with Crippen molar-refractivity contribution in [3.05, 3.63) is 30.3 Å². The molecule has 0 saturated carbocycles. The maximum Gasteiger partial charge on any atom is 0.222 e. The molecule has 0 heterocycles. The van der Waals surface area contributed by atoms with Gasteiger partial charge in [-0.05, 0) is 18.6 Å². The van der Waals surface area contributed by atoms with Gasteiger partial charge < -0.3 is 9.64 Å². The van der Waals surface area contributed by atoms with E-state index in [0.717, 1.165) is 12.2 Å². The quantitative estimate of drug-likeness (QED) is 0.690. The number of rotatable bonds is 5. The van der Waals surface area contributed by atoms with Crippen molar-refractivity contribution in [1.82, 2.24) is 4.90 Å². The van der Waals surface area contributed by atoms with Crippen LogP contribution in [0, 0.1) is 0 Å². The second kappa shape index (κ2) is 6.06. The van der Waals surface area contributed by atoms with E-state index in [-0.39, 0.29) is 5.91 Å². The number of hydrogen-bond acceptors (Lipinski definition) is 2. The Morgan fingerprint density at radius 2 is 1.93 bits per heavy atom. The summed E-state index contributed by atoms with van der Waals surface area (Å²) in [6, 6.07) is 9.63. The van der Waals surface area contributed by atoms with Crippen LogP contribution in [0.15, 0.2) is 30.3 Å². The van der Waals surface area contributed by atoms with Crippen molar-refractivity contribution in [2.24, 2.45) is 0 Å². The number of carbonyl (C=O) groups is 1. The Morgan fingerprint density at radius 1 is 1.27 bits per heavy atom. The molecule has 0 bridgehead atoms. The average Bonchev–Trinajstić information content (AvgIpc) is 2.25. The van der Waals surface area contributed by atoms with Crippen molar-refractivity contribution in [1.29, 1.82) is 0 Å². The largest absolute Gasteiger partial charge is 0.494 e. The maximum absolute atomic E-state index is 11.2. The lowest BCUT2D eigenvalue weighted by molar-refractivity contribution is -0.128. The van der Waals surface area contributed by atoms with Gasteiger partial charge in [0.15, 0.2) is 0 Å². The number of para-hydroxylation sites is 1. The standard InChI is InChI=1S/C12H17NO2/c1-13(2)12(14)9-6-10-15-11-7-4-3-5-8-11/h3-5,7-8H,6,9-10H2,1-2H3. The summed E-state index contributed by atoms with van der Waals surface area (Å²) in [5, 5.41) is 0. The zero-order valence-electron chi connectivity index (χ0n) is 9.27. The molecule has 1 amide bonds. The summed E-state index contributed by atoms with van der Waals surface area (Å²) in [5.74, 6) is 1.00. The van der Waals surface area contributed by atoms with Gasteiger partial charge in [0.2, 0.25) is 5.91 Å². The lowest BCUT2D eigenvalue weighted by atomic mass is 10.3. The average molecular weight is 207 g/mol. The van der Waals surface area contributed by atoms with Crippen LogP contribution in [0.1, 0.15) is 12.8 Å². The fourth-order valence-corrected chi connectivity index (χ4v) is 1.15. The van der Waals surface area contributed by atoms with Crippen molar-refractivity contribution < 1.29 is 9.53 Å². The van der Waals surface area contributed by atoms with E-state index in [2.05, 4.69) is 0 Å². The van der Waals surface area contributed by atoms with E-state index in [1.165, 1.54) is 0 Å². The third kappa shape index (κ3) is 4.49. The van der Waals surface area contributed by atoms with Gasteiger partial charge in [0.05, 0.1) is 6.61 Å². The molecule has 1 rings (SSSR count). The zero-order chi connectivity index (χ0) is 11.1. The topological polar surface area (TPSA) is 29.5 Å². The second-order valence-corrected chi connectivity index (χ2v) is 3.55. The minimum atomic E-state index is 0.145. The summed E-state index contributed by atoms with van der Waals surface area (Å²) in [5.41, 5.74) is 0. The van der Waals surface area contributed by atoms with Crippen molar-refractivity contribution in [2.75, 3.05) is 20.7 Å². The highest BCUT2D eigenvalue weighted by Crippen LogP contribution is 2.08. The summed E-state index contributed by atoms with van der Waals surface area (Å²) < 4.78 is 5.47. The fourth-order valence-electron chi connectivity index (χ4n) is 1.15. The van der Waals surface area contributed by atoms with Crippen LogP contribution in [0.4, 0.5) is 0 Å². The fraction of sp³-hybridized carbons (Fsp3) is 0.417. The molecule has 0 N–H and O–H groups in total. The highest BCUT2D eigenvalue weighted by molar-refractivity contribution is 5.75. The van der Waals surface area contributed by atoms with E-state index < -0.39 is 0 Å². The first-order valence-electron chi connectivity index (χ1n) is 5.08. The molecule has 0 saturated heterocycles. The van der Waals surface area contributed by atoms with E-state index in [0.29, 0.717) is 13.0 Å². The molecule has 1 aromatic rings. The molecule has 3 nitrogen and oxygen atoms in total. The number of benzene rings is 1. The van der Waals surface area contributed by atoms with Gasteiger partial charge in [-0.25, -0.2) is 0 Å². The van der Waals surface area contributed by atoms with Crippen LogP contribution in [0.5, 0.6) is 5.75 Å². The lowest BCUT2D eigenvalue weighted by Gasteiger charge is -2.10. The van der Waals surface area contributed by atoms with Crippen LogP contribution in [-0.4, -0.2) is 31.5 Å². The van der Waals surface area contributed by atoms with Crippen molar-refractivity contribution >= 4 is 5.91 Å². The molecule has 0 aliphatic heterocycles. The Labute approximate surface area is 90.7 Å². The molecule has 3 heteroatoms. The smallest absolute Gasteiger partial charge is 0.222 e. The molecule has 0 aliphatic carbocycles. The van der Waals surface area contributed by atoms with Crippen LogP contribution >= 0.6 is 0 Å². The normalized spacial score (nSPS) is 9.73. The Bertz CT molecular complexity index is 296. The molecule has 0 unspecified atom stereocenters. The van der Waals surface area contributed by atoms with E-state index in [1.807, 2.05) is 30.3 Å². The van der Waals surface area contributed by atoms with Crippen molar-refractivity contribution in [2.45, 2.75) is 12.8 Å². The molecular weight excluding hydrogens is 190 g/mol. The van der Waals surface area contributed by atoms with Crippen molar-refractivity contribution in [3.63, 3.8) is 0 Å². The molecule has 15 heavy (non-hydrogen) atoms. The molecule has 82 valence electrons. The number of amides is 1. The van der Waals surface area contributed by atoms with Crippen LogP contribution in [-0.2, 0) is 4.79 Å². The highest BCUT2D eigenvalue weighted by Gasteiger charge is 2.02. The van der Waals surface area contributed by atoms with Crippen LogP contribution in [0.2, 0.25) is 0 Å². The van der Waals surface area contributed by atoms with Gasteiger partial charge in [-0.1, -0.05) is 18.2 Å². The van der Waals surface area contributed by atoms with Gasteiger partial charge in [-0.3, -0.25) is 4.79 Å². The van der Waals surface area contributed by atoms with Gasteiger partial charge in [0.1, 0.15) is 5.75 Å². The van der Waals surface area contributed by atoms with Gasteiger partial charge >= 0.3 is 0 Å². The molecule has 1 aromatic carbocycles. The summed E-state index contributed by atoms with van der Waals surface area (Å²) in [6.45, 7) is 0.587. The SMILES string of the molecule is CN(C)C(=O)CCCOc1ccccc1. The Kier molecular flexibility index (Phi) is 4.68. The lowest BCUT2D eigenvalue weighted by Crippen LogP contribution is -2.21. The van der Waals surface area contributed by atoms with Gasteiger partial charge in [-0.15, -0.1) is 0 Å². The van der Waals surface area contributed by atoms with Crippen LogP contribution in [0.3, 0.4) is 0 Å². The second-order valence-electron chi connectivity index (χ2n) is 3.55. The maximum atomic E-state index is 11.2. The zero-order valence-corrected chi connectivity index (χ0v) is 9.27. The first-order valence-corrected chi connectivity index (χ1v) is 5.08. The van der Waals surface area contributed by atoms with E-state index in [9.17, 15) is 4.79 Å². The first-order chi connectivity index (χ1) is 7.20. The minimum absolute atomic E-state index is 0.145. The van der Waals surface area contributed by atoms with E-state index in [4.69, 9.17) is 4.74 Å². The number of nitrogens with zero attached hydrogens (tertiary/aromatic N) is 1. The number of hydrogen-bond donors (Lipinski definition) is 0. The van der Waals surface area contributed by atoms with E-state index in [1.54, 1.807) is 19.0 Å². The third-order valence-corrected chi connectivity index (χ3v) is 2.05. The van der Waals surface area contributed by atoms with Gasteiger partial charge in [0.25, 0.3) is 0 Å². The Morgan fingerprint density at radius 3 is 2.53 bits per heavy atom. The van der Waals surface area contributed by atoms with E-state index >= 15 is 0 Å². The predicted octanol–water partition coefficient (Wildman–Crippen LogP) is 1.93. The van der Waals surface area contributed by atoms with Crippen molar-refractivity contribution in [3.8, 4) is 5.75 Å². The number of carbonyl (C=O) groups excluding carboxylic acids is 1.